The van der Waals surface area contributed by atoms with E-state index in [1.807, 2.05) is 24.1 Å². The third kappa shape index (κ3) is 2.77. The topological polar surface area (TPSA) is 52.9 Å². The van der Waals surface area contributed by atoms with Gasteiger partial charge < -0.3 is 14.9 Å². The van der Waals surface area contributed by atoms with Crippen molar-refractivity contribution in [1.29, 1.82) is 0 Å². The Morgan fingerprint density at radius 1 is 1.35 bits per heavy atom. The molecule has 0 aromatic heterocycles. The van der Waals surface area contributed by atoms with Gasteiger partial charge in [-0.15, -0.1) is 0 Å². The van der Waals surface area contributed by atoms with Gasteiger partial charge in [0.05, 0.1) is 25.9 Å². The molecule has 0 fully saturated rings. The number of benzene rings is 1. The fourth-order valence-corrected chi connectivity index (χ4v) is 2.09. The highest BCUT2D eigenvalue weighted by molar-refractivity contribution is 5.39. The van der Waals surface area contributed by atoms with Gasteiger partial charge in [0.1, 0.15) is 5.75 Å². The van der Waals surface area contributed by atoms with E-state index in [2.05, 4.69) is 6.07 Å². The summed E-state index contributed by atoms with van der Waals surface area (Å²) in [6.45, 7) is 1.44. The molecule has 94 valence electrons. The first-order chi connectivity index (χ1) is 8.24. The molecule has 0 radical (unpaired) electrons. The van der Waals surface area contributed by atoms with Gasteiger partial charge in [0, 0.05) is 13.0 Å². The van der Waals surface area contributed by atoms with Crippen LogP contribution in [0.25, 0.3) is 0 Å². The van der Waals surface area contributed by atoms with Gasteiger partial charge in [-0.3, -0.25) is 4.90 Å². The van der Waals surface area contributed by atoms with Crippen molar-refractivity contribution in [3.63, 3.8) is 0 Å². The van der Waals surface area contributed by atoms with E-state index in [-0.39, 0.29) is 19.3 Å². The van der Waals surface area contributed by atoms with Crippen LogP contribution < -0.4 is 4.74 Å². The lowest BCUT2D eigenvalue weighted by Crippen LogP contribution is -2.37. The normalized spacial score (nSPS) is 14.2. The molecule has 0 bridgehead atoms. The van der Waals surface area contributed by atoms with Gasteiger partial charge in [-0.25, -0.2) is 0 Å². The van der Waals surface area contributed by atoms with E-state index in [1.54, 1.807) is 0 Å². The van der Waals surface area contributed by atoms with Crippen molar-refractivity contribution in [2.24, 2.45) is 0 Å². The Bertz CT molecular complexity index is 377. The molecule has 2 rings (SSSR count). The van der Waals surface area contributed by atoms with Gasteiger partial charge in [0.25, 0.3) is 0 Å². The van der Waals surface area contributed by atoms with Crippen LogP contribution in [-0.4, -0.2) is 48.0 Å². The van der Waals surface area contributed by atoms with Crippen LogP contribution in [0.4, 0.5) is 0 Å². The van der Waals surface area contributed by atoms with Crippen LogP contribution in [0.15, 0.2) is 18.2 Å². The van der Waals surface area contributed by atoms with Crippen LogP contribution >= 0.6 is 0 Å². The van der Waals surface area contributed by atoms with E-state index in [4.69, 9.17) is 14.9 Å². The van der Waals surface area contributed by atoms with Gasteiger partial charge in [0.2, 0.25) is 0 Å². The lowest BCUT2D eigenvalue weighted by molar-refractivity contribution is 0.0873. The molecule has 0 spiro atoms. The van der Waals surface area contributed by atoms with Crippen LogP contribution in [-0.2, 0) is 13.0 Å². The first kappa shape index (κ1) is 12.4. The highest BCUT2D eigenvalue weighted by atomic mass is 16.5. The van der Waals surface area contributed by atoms with Crippen molar-refractivity contribution in [2.75, 3.05) is 26.9 Å². The average Bonchev–Trinajstić information content (AvgIpc) is 2.77. The van der Waals surface area contributed by atoms with E-state index < -0.39 is 0 Å². The molecule has 4 heteroatoms. The highest BCUT2D eigenvalue weighted by Gasteiger charge is 2.15. The molecule has 0 unspecified atom stereocenters. The lowest BCUT2D eigenvalue weighted by Gasteiger charge is -2.24. The summed E-state index contributed by atoms with van der Waals surface area (Å²) in [7, 11) is 1.90. The Labute approximate surface area is 101 Å². The number of hydrogen-bond donors (Lipinski definition) is 2. The van der Waals surface area contributed by atoms with Gasteiger partial charge in [0.15, 0.2) is 0 Å². The Morgan fingerprint density at radius 2 is 2.12 bits per heavy atom. The zero-order valence-electron chi connectivity index (χ0n) is 10.1. The lowest BCUT2D eigenvalue weighted by atomic mass is 10.1. The standard InChI is InChI=1S/C13H19NO3/c1-14(12(8-15)9-16)7-10-2-3-13-11(6-10)4-5-17-13/h2-3,6,12,15-16H,4-5,7-9H2,1H3. The quantitative estimate of drug-likeness (QED) is 0.778. The van der Waals surface area contributed by atoms with Gasteiger partial charge in [-0.05, 0) is 24.2 Å². The second kappa shape index (κ2) is 5.49. The van der Waals surface area contributed by atoms with Crippen LogP contribution in [0, 0.1) is 0 Å². The molecule has 1 aliphatic rings. The molecule has 4 nitrogen and oxygen atoms in total. The van der Waals surface area contributed by atoms with E-state index in [0.717, 1.165) is 25.3 Å². The molecule has 1 aromatic rings. The van der Waals surface area contributed by atoms with E-state index in [0.29, 0.717) is 0 Å². The van der Waals surface area contributed by atoms with Crippen molar-refractivity contribution in [3.8, 4) is 5.75 Å². The summed E-state index contributed by atoms with van der Waals surface area (Å²) >= 11 is 0. The molecule has 1 aromatic carbocycles. The number of rotatable bonds is 5. The van der Waals surface area contributed by atoms with E-state index in [1.165, 1.54) is 11.1 Å². The number of aliphatic hydroxyl groups is 2. The molecular weight excluding hydrogens is 218 g/mol. The number of aliphatic hydroxyl groups excluding tert-OH is 2. The summed E-state index contributed by atoms with van der Waals surface area (Å²) in [5, 5.41) is 18.2. The number of fused-ring (bicyclic) bond motifs is 1. The molecule has 2 N–H and O–H groups in total. The molecule has 0 atom stereocenters. The second-order valence-electron chi connectivity index (χ2n) is 4.47. The molecule has 1 aliphatic heterocycles. The highest BCUT2D eigenvalue weighted by Crippen LogP contribution is 2.26. The van der Waals surface area contributed by atoms with Crippen molar-refractivity contribution >= 4 is 0 Å². The van der Waals surface area contributed by atoms with Crippen molar-refractivity contribution in [3.05, 3.63) is 29.3 Å². The third-order valence-electron chi connectivity index (χ3n) is 3.23. The predicted octanol–water partition coefficient (Wildman–Crippen LogP) is 0.407. The minimum atomic E-state index is -0.195. The van der Waals surface area contributed by atoms with Crippen LogP contribution in [0.1, 0.15) is 11.1 Å². The van der Waals surface area contributed by atoms with E-state index >= 15 is 0 Å². The summed E-state index contributed by atoms with van der Waals surface area (Å²) < 4.78 is 5.45. The van der Waals surface area contributed by atoms with Crippen LogP contribution in [0.5, 0.6) is 5.75 Å². The summed E-state index contributed by atoms with van der Waals surface area (Å²) in [5.74, 6) is 0.984. The zero-order valence-corrected chi connectivity index (χ0v) is 10.1. The summed E-state index contributed by atoms with van der Waals surface area (Å²) in [6, 6.07) is 5.98. The molecule has 0 saturated carbocycles. The van der Waals surface area contributed by atoms with Crippen LogP contribution in [0.3, 0.4) is 0 Å². The predicted molar refractivity (Wildman–Crippen MR) is 65.1 cm³/mol. The molecule has 0 saturated heterocycles. The fraction of sp³-hybridized carbons (Fsp3) is 0.538. The second-order valence-corrected chi connectivity index (χ2v) is 4.47. The summed E-state index contributed by atoms with van der Waals surface area (Å²) in [5.41, 5.74) is 2.43. The number of likely N-dealkylation sites (N-methyl/N-ethyl adjacent to an activating group) is 1. The maximum absolute atomic E-state index is 9.11. The minimum absolute atomic E-state index is 0.0267. The number of hydrogen-bond acceptors (Lipinski definition) is 4. The number of nitrogens with zero attached hydrogens (tertiary/aromatic N) is 1. The van der Waals surface area contributed by atoms with Crippen molar-refractivity contribution in [1.82, 2.24) is 4.90 Å². The molecular formula is C13H19NO3. The minimum Gasteiger partial charge on any atom is -0.493 e. The van der Waals surface area contributed by atoms with Gasteiger partial charge in [-0.2, -0.15) is 0 Å². The molecule has 0 amide bonds. The first-order valence-electron chi connectivity index (χ1n) is 5.91. The first-order valence-corrected chi connectivity index (χ1v) is 5.91. The summed E-state index contributed by atoms with van der Waals surface area (Å²) in [4.78, 5) is 1.96. The average molecular weight is 237 g/mol. The smallest absolute Gasteiger partial charge is 0.122 e. The monoisotopic (exact) mass is 237 g/mol. The Balaban J connectivity index is 2.03. The molecule has 1 heterocycles. The Hall–Kier alpha value is -1.10. The van der Waals surface area contributed by atoms with Crippen molar-refractivity contribution in [2.45, 2.75) is 19.0 Å². The van der Waals surface area contributed by atoms with Gasteiger partial charge in [-0.1, -0.05) is 12.1 Å². The SMILES string of the molecule is CN(Cc1ccc2c(c1)CCO2)C(CO)CO. The Kier molecular flexibility index (Phi) is 3.99. The molecule has 0 aliphatic carbocycles. The maximum Gasteiger partial charge on any atom is 0.122 e. The zero-order chi connectivity index (χ0) is 12.3. The van der Waals surface area contributed by atoms with Gasteiger partial charge >= 0.3 is 0 Å². The van der Waals surface area contributed by atoms with Crippen LogP contribution in [0.2, 0.25) is 0 Å². The van der Waals surface area contributed by atoms with E-state index in [9.17, 15) is 0 Å². The largest absolute Gasteiger partial charge is 0.493 e. The fourth-order valence-electron chi connectivity index (χ4n) is 2.09. The van der Waals surface area contributed by atoms with Crippen molar-refractivity contribution < 1.29 is 14.9 Å². The number of ether oxygens (including phenoxy) is 1. The summed E-state index contributed by atoms with van der Waals surface area (Å²) in [6.07, 6.45) is 0.969. The third-order valence-corrected chi connectivity index (χ3v) is 3.23. The Morgan fingerprint density at radius 3 is 2.82 bits per heavy atom. The molecule has 17 heavy (non-hydrogen) atoms. The maximum atomic E-state index is 9.11.